The summed E-state index contributed by atoms with van der Waals surface area (Å²) >= 11 is 6.21. The van der Waals surface area contributed by atoms with Crippen LogP contribution in [0.2, 0.25) is 5.02 Å². The van der Waals surface area contributed by atoms with Gasteiger partial charge in [-0.05, 0) is 37.6 Å². The fraction of sp³-hybridized carbons (Fsp3) is 0.474. The summed E-state index contributed by atoms with van der Waals surface area (Å²) in [6.07, 6.45) is 5.26. The highest BCUT2D eigenvalue weighted by Gasteiger charge is 2.35. The number of benzene rings is 1. The number of carbonyl (C=O) groups excluding carboxylic acids is 1. The number of likely N-dealkylation sites (N-methyl/N-ethyl adjacent to an activating group) is 1. The van der Waals surface area contributed by atoms with Crippen molar-refractivity contribution in [1.82, 2.24) is 20.4 Å². The van der Waals surface area contributed by atoms with Crippen LogP contribution in [0, 0.1) is 0 Å². The van der Waals surface area contributed by atoms with Gasteiger partial charge in [0.1, 0.15) is 6.04 Å². The van der Waals surface area contributed by atoms with Gasteiger partial charge in [-0.1, -0.05) is 23.7 Å². The summed E-state index contributed by atoms with van der Waals surface area (Å²) in [5, 5.41) is 11.1. The van der Waals surface area contributed by atoms with E-state index in [1.165, 1.54) is 0 Å². The van der Waals surface area contributed by atoms with Gasteiger partial charge in [0.05, 0.1) is 6.20 Å². The maximum Gasteiger partial charge on any atom is 0.241 e. The van der Waals surface area contributed by atoms with Crippen LogP contribution in [0.5, 0.6) is 0 Å². The molecule has 2 N–H and O–H groups in total. The summed E-state index contributed by atoms with van der Waals surface area (Å²) in [6, 6.07) is 7.48. The van der Waals surface area contributed by atoms with E-state index >= 15 is 0 Å². The van der Waals surface area contributed by atoms with Gasteiger partial charge in [0.15, 0.2) is 0 Å². The van der Waals surface area contributed by atoms with E-state index < -0.39 is 6.04 Å². The lowest BCUT2D eigenvalue weighted by atomic mass is 9.74. The highest BCUT2D eigenvalue weighted by molar-refractivity contribution is 6.30. The summed E-state index contributed by atoms with van der Waals surface area (Å²) in [5.74, 6) is -0.0617. The molecule has 0 aliphatic carbocycles. The van der Waals surface area contributed by atoms with Crippen molar-refractivity contribution >= 4 is 17.5 Å². The number of hydrogen-bond donors (Lipinski definition) is 2. The van der Waals surface area contributed by atoms with Crippen LogP contribution >= 0.6 is 11.6 Å². The predicted molar refractivity (Wildman–Crippen MR) is 101 cm³/mol. The third-order valence-electron chi connectivity index (χ3n) is 5.10. The van der Waals surface area contributed by atoms with Crippen molar-refractivity contribution < 1.29 is 9.53 Å². The average molecular weight is 377 g/mol. The van der Waals surface area contributed by atoms with Crippen LogP contribution in [0.3, 0.4) is 0 Å². The van der Waals surface area contributed by atoms with Crippen molar-refractivity contribution in [3.63, 3.8) is 0 Å². The molecule has 0 bridgehead atoms. The number of nitrogens with one attached hydrogen (secondary N) is 2. The highest BCUT2D eigenvalue weighted by atomic mass is 35.5. The molecule has 2 aromatic rings. The standard InChI is InChI=1S/C19H25ClN4O2/c1-21-17(14-11-23-24(2)12-14)18(25)22-13-19(6-8-26-9-7-19)15-4-3-5-16(20)10-15/h3-5,10-12,17,21H,6-9,13H2,1-2H3,(H,22,25). The number of nitrogens with zero attached hydrogens (tertiary/aromatic N) is 2. The number of aryl methyl sites for hydroxylation is 1. The summed E-state index contributed by atoms with van der Waals surface area (Å²) in [7, 11) is 3.61. The number of hydrogen-bond acceptors (Lipinski definition) is 4. The van der Waals surface area contributed by atoms with Gasteiger partial charge in [0, 0.05) is 49.0 Å². The summed E-state index contributed by atoms with van der Waals surface area (Å²) in [5.41, 5.74) is 1.83. The molecule has 1 aromatic carbocycles. The van der Waals surface area contributed by atoms with Gasteiger partial charge in [0.25, 0.3) is 0 Å². The number of aromatic nitrogens is 2. The molecule has 3 rings (SSSR count). The lowest BCUT2D eigenvalue weighted by molar-refractivity contribution is -0.123. The minimum Gasteiger partial charge on any atom is -0.381 e. The second-order valence-corrected chi connectivity index (χ2v) is 7.23. The first-order valence-electron chi connectivity index (χ1n) is 8.81. The molecule has 26 heavy (non-hydrogen) atoms. The number of rotatable bonds is 6. The smallest absolute Gasteiger partial charge is 0.241 e. The van der Waals surface area contributed by atoms with E-state index in [4.69, 9.17) is 16.3 Å². The minimum absolute atomic E-state index is 0.0617. The van der Waals surface area contributed by atoms with Crippen LogP contribution < -0.4 is 10.6 Å². The van der Waals surface area contributed by atoms with Crippen molar-refractivity contribution in [3.8, 4) is 0 Å². The Morgan fingerprint density at radius 1 is 1.42 bits per heavy atom. The minimum atomic E-state index is -0.431. The lowest BCUT2D eigenvalue weighted by Gasteiger charge is -2.38. The van der Waals surface area contributed by atoms with E-state index in [1.807, 2.05) is 31.4 Å². The largest absolute Gasteiger partial charge is 0.381 e. The van der Waals surface area contributed by atoms with Crippen LogP contribution in [0.1, 0.15) is 30.0 Å². The molecule has 0 radical (unpaired) electrons. The molecule has 1 unspecified atom stereocenters. The van der Waals surface area contributed by atoms with Crippen LogP contribution in [0.25, 0.3) is 0 Å². The Balaban J connectivity index is 1.76. The normalized spacial score (nSPS) is 17.7. The summed E-state index contributed by atoms with van der Waals surface area (Å²) in [4.78, 5) is 12.8. The van der Waals surface area contributed by atoms with Gasteiger partial charge in [-0.3, -0.25) is 9.48 Å². The fourth-order valence-electron chi connectivity index (χ4n) is 3.54. The molecule has 0 saturated carbocycles. The quantitative estimate of drug-likeness (QED) is 0.811. The van der Waals surface area contributed by atoms with Gasteiger partial charge < -0.3 is 15.4 Å². The molecule has 7 heteroatoms. The zero-order valence-electron chi connectivity index (χ0n) is 15.2. The van der Waals surface area contributed by atoms with E-state index in [1.54, 1.807) is 17.9 Å². The number of amides is 1. The van der Waals surface area contributed by atoms with Crippen LogP contribution in [0.15, 0.2) is 36.7 Å². The molecule has 1 saturated heterocycles. The first-order chi connectivity index (χ1) is 12.5. The molecular formula is C19H25ClN4O2. The fourth-order valence-corrected chi connectivity index (χ4v) is 3.74. The van der Waals surface area contributed by atoms with E-state index in [9.17, 15) is 4.79 Å². The molecule has 140 valence electrons. The Morgan fingerprint density at radius 2 is 2.19 bits per heavy atom. The first kappa shape index (κ1) is 18.9. The van der Waals surface area contributed by atoms with Crippen molar-refractivity contribution in [3.05, 3.63) is 52.8 Å². The molecule has 1 aromatic heterocycles. The molecule has 0 spiro atoms. The monoisotopic (exact) mass is 376 g/mol. The van der Waals surface area contributed by atoms with Gasteiger partial charge in [-0.25, -0.2) is 0 Å². The van der Waals surface area contributed by atoms with E-state index in [-0.39, 0.29) is 11.3 Å². The second-order valence-electron chi connectivity index (χ2n) is 6.79. The van der Waals surface area contributed by atoms with E-state index in [0.29, 0.717) is 24.8 Å². The van der Waals surface area contributed by atoms with Crippen molar-refractivity contribution in [2.75, 3.05) is 26.8 Å². The molecule has 1 aliphatic rings. The van der Waals surface area contributed by atoms with Crippen molar-refractivity contribution in [2.24, 2.45) is 7.05 Å². The SMILES string of the molecule is CNC(C(=O)NCC1(c2cccc(Cl)c2)CCOCC1)c1cnn(C)c1. The Morgan fingerprint density at radius 3 is 2.81 bits per heavy atom. The van der Waals surface area contributed by atoms with Gasteiger partial charge in [0.2, 0.25) is 5.91 Å². The Kier molecular flexibility index (Phi) is 5.96. The van der Waals surface area contributed by atoms with Crippen LogP contribution in [-0.4, -0.2) is 42.5 Å². The molecule has 1 aliphatic heterocycles. The van der Waals surface area contributed by atoms with Crippen molar-refractivity contribution in [2.45, 2.75) is 24.3 Å². The zero-order valence-corrected chi connectivity index (χ0v) is 15.9. The van der Waals surface area contributed by atoms with Gasteiger partial charge in [-0.15, -0.1) is 0 Å². The molecule has 1 atom stereocenters. The summed E-state index contributed by atoms with van der Waals surface area (Å²) in [6.45, 7) is 1.91. The van der Waals surface area contributed by atoms with E-state index in [0.717, 1.165) is 24.0 Å². The average Bonchev–Trinajstić information content (AvgIpc) is 3.07. The van der Waals surface area contributed by atoms with Crippen molar-refractivity contribution in [1.29, 1.82) is 0 Å². The van der Waals surface area contributed by atoms with E-state index in [2.05, 4.69) is 21.8 Å². The Bertz CT molecular complexity index is 756. The first-order valence-corrected chi connectivity index (χ1v) is 9.19. The van der Waals surface area contributed by atoms with Gasteiger partial charge >= 0.3 is 0 Å². The third-order valence-corrected chi connectivity index (χ3v) is 5.33. The zero-order chi connectivity index (χ0) is 18.6. The molecule has 1 amide bonds. The number of carbonyl (C=O) groups is 1. The third kappa shape index (κ3) is 4.09. The van der Waals surface area contributed by atoms with Crippen LogP contribution in [0.4, 0.5) is 0 Å². The molecular weight excluding hydrogens is 352 g/mol. The summed E-state index contributed by atoms with van der Waals surface area (Å²) < 4.78 is 7.25. The lowest BCUT2D eigenvalue weighted by Crippen LogP contribution is -2.47. The number of halogens is 1. The topological polar surface area (TPSA) is 68.2 Å². The maximum atomic E-state index is 12.8. The maximum absolute atomic E-state index is 12.8. The van der Waals surface area contributed by atoms with Gasteiger partial charge in [-0.2, -0.15) is 5.10 Å². The Labute approximate surface area is 158 Å². The number of ether oxygens (including phenoxy) is 1. The molecule has 1 fully saturated rings. The highest BCUT2D eigenvalue weighted by Crippen LogP contribution is 2.35. The van der Waals surface area contributed by atoms with Crippen LogP contribution in [-0.2, 0) is 22.0 Å². The predicted octanol–water partition coefficient (Wildman–Crippen LogP) is 2.20. The molecule has 6 nitrogen and oxygen atoms in total. The molecule has 2 heterocycles. The second kappa shape index (κ2) is 8.20. The Hall–Kier alpha value is -1.89.